The minimum absolute atomic E-state index is 0.184. The van der Waals surface area contributed by atoms with E-state index in [1.54, 1.807) is 13.3 Å². The van der Waals surface area contributed by atoms with Gasteiger partial charge in [0.25, 0.3) is 5.91 Å². The summed E-state index contributed by atoms with van der Waals surface area (Å²) < 4.78 is 5.13. The first-order chi connectivity index (χ1) is 14.2. The molecule has 2 heterocycles. The number of nitrogens with one attached hydrogen (secondary N) is 2. The van der Waals surface area contributed by atoms with Gasteiger partial charge in [0.05, 0.1) is 12.7 Å². The molecule has 3 aromatic rings. The minimum Gasteiger partial charge on any atom is -0.497 e. The number of amides is 1. The Kier molecular flexibility index (Phi) is 5.72. The second kappa shape index (κ2) is 8.75. The predicted molar refractivity (Wildman–Crippen MR) is 115 cm³/mol. The SMILES string of the molecule is COc1ccc(NC(=O)c2ccc(N3CCN[C@H](c4ccccc4)C3)nc2)cc1. The second-order valence-electron chi connectivity index (χ2n) is 6.95. The minimum atomic E-state index is -0.184. The zero-order valence-corrected chi connectivity index (χ0v) is 16.3. The van der Waals surface area contributed by atoms with Crippen molar-refractivity contribution in [2.75, 3.05) is 37.0 Å². The maximum Gasteiger partial charge on any atom is 0.257 e. The van der Waals surface area contributed by atoms with Gasteiger partial charge in [0.2, 0.25) is 0 Å². The highest BCUT2D eigenvalue weighted by Gasteiger charge is 2.21. The van der Waals surface area contributed by atoms with E-state index in [1.807, 2.05) is 42.5 Å². The van der Waals surface area contributed by atoms with E-state index < -0.39 is 0 Å². The number of aromatic nitrogens is 1. The van der Waals surface area contributed by atoms with E-state index in [0.717, 1.165) is 31.2 Å². The van der Waals surface area contributed by atoms with Crippen LogP contribution in [-0.4, -0.2) is 37.6 Å². The number of ether oxygens (including phenoxy) is 1. The Morgan fingerprint density at radius 3 is 2.59 bits per heavy atom. The lowest BCUT2D eigenvalue weighted by Gasteiger charge is -2.34. The molecule has 148 valence electrons. The molecule has 0 unspecified atom stereocenters. The van der Waals surface area contributed by atoms with Crippen LogP contribution in [0.1, 0.15) is 22.0 Å². The molecular formula is C23H24N4O2. The smallest absolute Gasteiger partial charge is 0.257 e. The van der Waals surface area contributed by atoms with E-state index in [9.17, 15) is 4.79 Å². The Hall–Kier alpha value is -3.38. The highest BCUT2D eigenvalue weighted by Crippen LogP contribution is 2.21. The number of nitrogens with zero attached hydrogens (tertiary/aromatic N) is 2. The number of hydrogen-bond acceptors (Lipinski definition) is 5. The van der Waals surface area contributed by atoms with Crippen LogP contribution in [0.4, 0.5) is 11.5 Å². The maximum atomic E-state index is 12.5. The Bertz CT molecular complexity index is 943. The van der Waals surface area contributed by atoms with Gasteiger partial charge in [-0.2, -0.15) is 0 Å². The number of hydrogen-bond donors (Lipinski definition) is 2. The first-order valence-corrected chi connectivity index (χ1v) is 9.67. The molecule has 1 atom stereocenters. The summed E-state index contributed by atoms with van der Waals surface area (Å²) in [6.07, 6.45) is 1.63. The fourth-order valence-corrected chi connectivity index (χ4v) is 3.45. The summed E-state index contributed by atoms with van der Waals surface area (Å²) in [4.78, 5) is 19.3. The highest BCUT2D eigenvalue weighted by atomic mass is 16.5. The van der Waals surface area contributed by atoms with Crippen LogP contribution in [-0.2, 0) is 0 Å². The van der Waals surface area contributed by atoms with Crippen LogP contribution in [0.2, 0.25) is 0 Å². The monoisotopic (exact) mass is 388 g/mol. The molecule has 6 nitrogen and oxygen atoms in total. The summed E-state index contributed by atoms with van der Waals surface area (Å²) >= 11 is 0. The predicted octanol–water partition coefficient (Wildman–Crippen LogP) is 3.49. The van der Waals surface area contributed by atoms with Crippen LogP contribution in [0.3, 0.4) is 0 Å². The Morgan fingerprint density at radius 2 is 1.90 bits per heavy atom. The number of pyridine rings is 1. The molecule has 1 aliphatic rings. The standard InChI is InChI=1S/C23H24N4O2/c1-29-20-10-8-19(9-11-20)26-23(28)18-7-12-22(25-15-18)27-14-13-24-21(16-27)17-5-3-2-4-6-17/h2-12,15,21,24H,13-14,16H2,1H3,(H,26,28)/t21-/m0/s1. The molecule has 1 aromatic heterocycles. The van der Waals surface area contributed by atoms with Crippen LogP contribution < -0.4 is 20.3 Å². The van der Waals surface area contributed by atoms with Gasteiger partial charge in [-0.3, -0.25) is 4.79 Å². The van der Waals surface area contributed by atoms with Crippen molar-refractivity contribution in [3.05, 3.63) is 84.1 Å². The first-order valence-electron chi connectivity index (χ1n) is 9.67. The Balaban J connectivity index is 1.41. The molecule has 1 saturated heterocycles. The van der Waals surface area contributed by atoms with Crippen LogP contribution in [0, 0.1) is 0 Å². The molecule has 4 rings (SSSR count). The third-order valence-corrected chi connectivity index (χ3v) is 5.06. The molecule has 2 aromatic carbocycles. The van der Waals surface area contributed by atoms with E-state index in [2.05, 4.69) is 44.8 Å². The fourth-order valence-electron chi connectivity index (χ4n) is 3.45. The summed E-state index contributed by atoms with van der Waals surface area (Å²) in [5.41, 5.74) is 2.51. The summed E-state index contributed by atoms with van der Waals surface area (Å²) in [7, 11) is 1.61. The van der Waals surface area contributed by atoms with Crippen LogP contribution in [0.15, 0.2) is 72.9 Å². The van der Waals surface area contributed by atoms with Crippen LogP contribution in [0.5, 0.6) is 5.75 Å². The van der Waals surface area contributed by atoms with E-state index >= 15 is 0 Å². The molecule has 0 spiro atoms. The topological polar surface area (TPSA) is 66.5 Å². The zero-order chi connectivity index (χ0) is 20.1. The number of carbonyl (C=O) groups is 1. The molecule has 1 amide bonds. The molecule has 6 heteroatoms. The molecule has 0 aliphatic carbocycles. The van der Waals surface area contributed by atoms with Crippen molar-refractivity contribution in [3.63, 3.8) is 0 Å². The number of rotatable bonds is 5. The van der Waals surface area contributed by atoms with Gasteiger partial charge in [-0.25, -0.2) is 4.98 Å². The van der Waals surface area contributed by atoms with E-state index in [0.29, 0.717) is 11.3 Å². The molecule has 1 aliphatic heterocycles. The number of piperazine rings is 1. The largest absolute Gasteiger partial charge is 0.497 e. The van der Waals surface area contributed by atoms with Crippen molar-refractivity contribution in [3.8, 4) is 5.75 Å². The lowest BCUT2D eigenvalue weighted by molar-refractivity contribution is 0.102. The summed E-state index contributed by atoms with van der Waals surface area (Å²) in [5, 5.41) is 6.44. The molecule has 0 saturated carbocycles. The second-order valence-corrected chi connectivity index (χ2v) is 6.95. The number of anilines is 2. The van der Waals surface area contributed by atoms with E-state index in [1.165, 1.54) is 5.56 Å². The normalized spacial score (nSPS) is 16.3. The van der Waals surface area contributed by atoms with Gasteiger partial charge >= 0.3 is 0 Å². The van der Waals surface area contributed by atoms with Crippen molar-refractivity contribution in [2.24, 2.45) is 0 Å². The van der Waals surface area contributed by atoms with Gasteiger partial charge < -0.3 is 20.3 Å². The maximum absolute atomic E-state index is 12.5. The molecule has 2 N–H and O–H groups in total. The zero-order valence-electron chi connectivity index (χ0n) is 16.3. The summed E-state index contributed by atoms with van der Waals surface area (Å²) in [6, 6.07) is 21.7. The van der Waals surface area contributed by atoms with Gasteiger partial charge in [0.1, 0.15) is 11.6 Å². The van der Waals surface area contributed by atoms with Gasteiger partial charge in [0, 0.05) is 37.6 Å². The molecule has 1 fully saturated rings. The average Bonchev–Trinajstić information content (AvgIpc) is 2.80. The average molecular weight is 388 g/mol. The van der Waals surface area contributed by atoms with Crippen molar-refractivity contribution in [1.29, 1.82) is 0 Å². The van der Waals surface area contributed by atoms with Gasteiger partial charge in [-0.15, -0.1) is 0 Å². The number of benzene rings is 2. The van der Waals surface area contributed by atoms with E-state index in [4.69, 9.17) is 4.74 Å². The highest BCUT2D eigenvalue weighted by molar-refractivity contribution is 6.04. The first kappa shape index (κ1) is 19.0. The van der Waals surface area contributed by atoms with Crippen molar-refractivity contribution in [1.82, 2.24) is 10.3 Å². The Morgan fingerprint density at radius 1 is 1.10 bits per heavy atom. The van der Waals surface area contributed by atoms with Crippen molar-refractivity contribution in [2.45, 2.75) is 6.04 Å². The van der Waals surface area contributed by atoms with Gasteiger partial charge in [0.15, 0.2) is 0 Å². The molecule has 0 bridgehead atoms. The third kappa shape index (κ3) is 4.55. The van der Waals surface area contributed by atoms with Crippen LogP contribution >= 0.6 is 0 Å². The van der Waals surface area contributed by atoms with Crippen molar-refractivity contribution < 1.29 is 9.53 Å². The summed E-state index contributed by atoms with van der Waals surface area (Å²) in [5.74, 6) is 1.45. The molecule has 29 heavy (non-hydrogen) atoms. The number of carbonyl (C=O) groups excluding carboxylic acids is 1. The molecular weight excluding hydrogens is 364 g/mol. The third-order valence-electron chi connectivity index (χ3n) is 5.06. The molecule has 0 radical (unpaired) electrons. The quantitative estimate of drug-likeness (QED) is 0.700. The summed E-state index contributed by atoms with van der Waals surface area (Å²) in [6.45, 7) is 2.61. The van der Waals surface area contributed by atoms with E-state index in [-0.39, 0.29) is 11.9 Å². The lowest BCUT2D eigenvalue weighted by Crippen LogP contribution is -2.46. The van der Waals surface area contributed by atoms with Gasteiger partial charge in [-0.05, 0) is 42.0 Å². The number of methoxy groups -OCH3 is 1. The van der Waals surface area contributed by atoms with Gasteiger partial charge in [-0.1, -0.05) is 30.3 Å². The van der Waals surface area contributed by atoms with Crippen molar-refractivity contribution >= 4 is 17.4 Å². The fraction of sp³-hybridized carbons (Fsp3) is 0.217. The van der Waals surface area contributed by atoms with Crippen LogP contribution in [0.25, 0.3) is 0 Å². The Labute approximate surface area is 170 Å². The lowest BCUT2D eigenvalue weighted by atomic mass is 10.0.